The summed E-state index contributed by atoms with van der Waals surface area (Å²) in [6.07, 6.45) is 7.08. The third-order valence-electron chi connectivity index (χ3n) is 5.69. The zero-order valence-corrected chi connectivity index (χ0v) is 20.8. The molecule has 7 nitrogen and oxygen atoms in total. The predicted molar refractivity (Wildman–Crippen MR) is 132 cm³/mol. The standard InChI is InChI=1S/C24H24BrClN6O/c1-15-9-17(11-27)10-16(2)22(15)33-23-20(25)12-30-24(31-23)32(19-4-7-28-8-5-19)14-18-3-6-29-13-21(18)26/h3,6,9-10,12-13,19,28H,4-5,7-8,14H2,1-2H3. The smallest absolute Gasteiger partial charge is 0.238 e. The number of nitriles is 1. The number of nitrogens with one attached hydrogen (secondary N) is 1. The molecule has 2 aromatic heterocycles. The summed E-state index contributed by atoms with van der Waals surface area (Å²) in [5.41, 5.74) is 3.32. The molecule has 3 aromatic rings. The van der Waals surface area contributed by atoms with Gasteiger partial charge in [0.25, 0.3) is 0 Å². The number of nitrogens with zero attached hydrogens (tertiary/aromatic N) is 5. The van der Waals surface area contributed by atoms with Gasteiger partial charge in [0, 0.05) is 25.0 Å². The minimum Gasteiger partial charge on any atom is -0.437 e. The van der Waals surface area contributed by atoms with Gasteiger partial charge in [-0.3, -0.25) is 4.98 Å². The molecule has 1 fully saturated rings. The monoisotopic (exact) mass is 526 g/mol. The highest BCUT2D eigenvalue weighted by Gasteiger charge is 2.25. The van der Waals surface area contributed by atoms with E-state index < -0.39 is 0 Å². The number of ether oxygens (including phenoxy) is 1. The first-order chi connectivity index (χ1) is 16.0. The number of aryl methyl sites for hydroxylation is 2. The fraction of sp³-hybridized carbons (Fsp3) is 0.333. The van der Waals surface area contributed by atoms with Gasteiger partial charge in [0.2, 0.25) is 11.8 Å². The SMILES string of the molecule is Cc1cc(C#N)cc(C)c1Oc1nc(N(Cc2ccncc2Cl)C2CCNCC2)ncc1Br. The lowest BCUT2D eigenvalue weighted by Gasteiger charge is -2.35. The molecule has 0 radical (unpaired) electrons. The molecule has 1 N–H and O–H groups in total. The van der Waals surface area contributed by atoms with Crippen LogP contribution in [0.25, 0.3) is 0 Å². The highest BCUT2D eigenvalue weighted by molar-refractivity contribution is 9.10. The zero-order valence-electron chi connectivity index (χ0n) is 18.5. The number of anilines is 1. The fourth-order valence-corrected chi connectivity index (χ4v) is 4.47. The van der Waals surface area contributed by atoms with Crippen LogP contribution in [0.1, 0.15) is 35.1 Å². The van der Waals surface area contributed by atoms with E-state index in [1.807, 2.05) is 32.0 Å². The quantitative estimate of drug-likeness (QED) is 0.464. The summed E-state index contributed by atoms with van der Waals surface area (Å²) in [7, 11) is 0. The molecule has 0 unspecified atom stereocenters. The van der Waals surface area contributed by atoms with Crippen LogP contribution in [0.15, 0.2) is 41.3 Å². The molecule has 33 heavy (non-hydrogen) atoms. The molecule has 170 valence electrons. The molecule has 9 heteroatoms. The second kappa shape index (κ2) is 10.5. The van der Waals surface area contributed by atoms with Crippen molar-refractivity contribution in [3.8, 4) is 17.7 Å². The molecule has 0 bridgehead atoms. The largest absolute Gasteiger partial charge is 0.437 e. The van der Waals surface area contributed by atoms with Crippen molar-refractivity contribution in [3.05, 3.63) is 68.5 Å². The van der Waals surface area contributed by atoms with Gasteiger partial charge in [0.05, 0.1) is 27.3 Å². The summed E-state index contributed by atoms with van der Waals surface area (Å²) in [4.78, 5) is 15.7. The Balaban J connectivity index is 1.69. The van der Waals surface area contributed by atoms with E-state index in [-0.39, 0.29) is 6.04 Å². The number of benzene rings is 1. The van der Waals surface area contributed by atoms with Gasteiger partial charge >= 0.3 is 0 Å². The van der Waals surface area contributed by atoms with Crippen LogP contribution in [0.3, 0.4) is 0 Å². The summed E-state index contributed by atoms with van der Waals surface area (Å²) in [5.74, 6) is 1.69. The average Bonchev–Trinajstić information content (AvgIpc) is 2.82. The molecule has 0 aliphatic carbocycles. The second-order valence-electron chi connectivity index (χ2n) is 8.05. The summed E-state index contributed by atoms with van der Waals surface area (Å²) < 4.78 is 6.89. The number of rotatable bonds is 6. The van der Waals surface area contributed by atoms with Crippen molar-refractivity contribution < 1.29 is 4.74 Å². The van der Waals surface area contributed by atoms with E-state index in [9.17, 15) is 5.26 Å². The lowest BCUT2D eigenvalue weighted by molar-refractivity contribution is 0.417. The Labute approximate surface area is 206 Å². The van der Waals surface area contributed by atoms with Crippen molar-refractivity contribution in [2.45, 2.75) is 39.3 Å². The predicted octanol–water partition coefficient (Wildman–Crippen LogP) is 5.33. The lowest BCUT2D eigenvalue weighted by Crippen LogP contribution is -2.43. The van der Waals surface area contributed by atoms with E-state index in [4.69, 9.17) is 21.3 Å². The Morgan fingerprint density at radius 3 is 2.64 bits per heavy atom. The minimum atomic E-state index is 0.267. The molecule has 4 rings (SSSR count). The van der Waals surface area contributed by atoms with Crippen molar-refractivity contribution in [3.63, 3.8) is 0 Å². The third-order valence-corrected chi connectivity index (χ3v) is 6.58. The molecule has 3 heterocycles. The highest BCUT2D eigenvalue weighted by atomic mass is 79.9. The Bertz CT molecular complexity index is 1170. The van der Waals surface area contributed by atoms with Crippen LogP contribution in [0.2, 0.25) is 5.02 Å². The average molecular weight is 528 g/mol. The summed E-state index contributed by atoms with van der Waals surface area (Å²) in [5, 5.41) is 13.3. The molecular weight excluding hydrogens is 504 g/mol. The van der Waals surface area contributed by atoms with Crippen molar-refractivity contribution in [1.82, 2.24) is 20.3 Å². The normalized spacial score (nSPS) is 14.0. The molecule has 1 aliphatic heterocycles. The molecular formula is C24H24BrClN6O. The first kappa shape index (κ1) is 23.4. The van der Waals surface area contributed by atoms with E-state index in [1.54, 1.807) is 18.6 Å². The number of hydrogen-bond donors (Lipinski definition) is 1. The Morgan fingerprint density at radius 1 is 1.24 bits per heavy atom. The van der Waals surface area contributed by atoms with Crippen molar-refractivity contribution in [2.75, 3.05) is 18.0 Å². The van der Waals surface area contributed by atoms with E-state index >= 15 is 0 Å². The first-order valence-corrected chi connectivity index (χ1v) is 11.9. The number of pyridine rings is 1. The van der Waals surface area contributed by atoms with Gasteiger partial charge in [-0.05, 0) is 90.6 Å². The topological polar surface area (TPSA) is 87.0 Å². The lowest BCUT2D eigenvalue weighted by atomic mass is 10.0. The van der Waals surface area contributed by atoms with Crippen LogP contribution in [0.4, 0.5) is 5.95 Å². The van der Waals surface area contributed by atoms with E-state index in [1.165, 1.54) is 0 Å². The third kappa shape index (κ3) is 5.44. The number of piperidine rings is 1. The van der Waals surface area contributed by atoms with Gasteiger partial charge in [-0.1, -0.05) is 11.6 Å². The van der Waals surface area contributed by atoms with Crippen molar-refractivity contribution in [2.24, 2.45) is 0 Å². The van der Waals surface area contributed by atoms with Gasteiger partial charge in [0.1, 0.15) is 5.75 Å². The molecule has 1 aliphatic rings. The molecule has 0 amide bonds. The Morgan fingerprint density at radius 2 is 1.97 bits per heavy atom. The maximum absolute atomic E-state index is 9.23. The van der Waals surface area contributed by atoms with Gasteiger partial charge in [-0.15, -0.1) is 0 Å². The van der Waals surface area contributed by atoms with Crippen LogP contribution in [0, 0.1) is 25.2 Å². The highest BCUT2D eigenvalue weighted by Crippen LogP contribution is 2.34. The Hall–Kier alpha value is -2.73. The summed E-state index contributed by atoms with van der Waals surface area (Å²) >= 11 is 9.95. The van der Waals surface area contributed by atoms with E-state index in [2.05, 4.69) is 42.2 Å². The maximum atomic E-state index is 9.23. The number of aromatic nitrogens is 3. The van der Waals surface area contributed by atoms with Gasteiger partial charge in [-0.2, -0.15) is 10.2 Å². The van der Waals surface area contributed by atoms with Crippen LogP contribution < -0.4 is 15.0 Å². The van der Waals surface area contributed by atoms with Gasteiger partial charge in [0.15, 0.2) is 0 Å². The number of hydrogen-bond acceptors (Lipinski definition) is 7. The van der Waals surface area contributed by atoms with Gasteiger partial charge in [-0.25, -0.2) is 4.98 Å². The summed E-state index contributed by atoms with van der Waals surface area (Å²) in [6.45, 7) is 6.30. The second-order valence-corrected chi connectivity index (χ2v) is 9.31. The van der Waals surface area contributed by atoms with Crippen LogP contribution in [-0.2, 0) is 6.54 Å². The zero-order chi connectivity index (χ0) is 23.4. The van der Waals surface area contributed by atoms with Crippen molar-refractivity contribution in [1.29, 1.82) is 5.26 Å². The molecule has 0 saturated carbocycles. The molecule has 1 saturated heterocycles. The fourth-order valence-electron chi connectivity index (χ4n) is 4.02. The molecule has 0 spiro atoms. The van der Waals surface area contributed by atoms with Crippen LogP contribution in [-0.4, -0.2) is 34.1 Å². The minimum absolute atomic E-state index is 0.267. The van der Waals surface area contributed by atoms with Gasteiger partial charge < -0.3 is 15.0 Å². The molecule has 1 aromatic carbocycles. The first-order valence-electron chi connectivity index (χ1n) is 10.7. The number of halogens is 2. The van der Waals surface area contributed by atoms with E-state index in [0.29, 0.717) is 39.2 Å². The van der Waals surface area contributed by atoms with Crippen LogP contribution >= 0.6 is 27.5 Å². The molecule has 0 atom stereocenters. The summed E-state index contributed by atoms with van der Waals surface area (Å²) in [6, 6.07) is 8.00. The van der Waals surface area contributed by atoms with Crippen molar-refractivity contribution >= 4 is 33.5 Å². The van der Waals surface area contributed by atoms with E-state index in [0.717, 1.165) is 42.6 Å². The Kier molecular flexibility index (Phi) is 7.43. The maximum Gasteiger partial charge on any atom is 0.238 e. The van der Waals surface area contributed by atoms with Crippen LogP contribution in [0.5, 0.6) is 11.6 Å².